The van der Waals surface area contributed by atoms with E-state index in [0.717, 1.165) is 28.2 Å². The van der Waals surface area contributed by atoms with Gasteiger partial charge in [0.1, 0.15) is 0 Å². The van der Waals surface area contributed by atoms with Crippen molar-refractivity contribution in [3.63, 3.8) is 0 Å². The number of rotatable bonds is 2. The molecule has 1 aliphatic rings. The third-order valence-electron chi connectivity index (χ3n) is 3.11. The largest absolute Gasteiger partial charge is 0.374 e. The van der Waals surface area contributed by atoms with Crippen LogP contribution in [0.3, 0.4) is 0 Å². The summed E-state index contributed by atoms with van der Waals surface area (Å²) in [4.78, 5) is 2.26. The molecule has 0 saturated carbocycles. The molecule has 1 aromatic rings. The van der Waals surface area contributed by atoms with Gasteiger partial charge in [-0.3, -0.25) is 4.90 Å². The van der Waals surface area contributed by atoms with Crippen molar-refractivity contribution in [2.24, 2.45) is 5.73 Å². The van der Waals surface area contributed by atoms with Gasteiger partial charge in [-0.15, -0.1) is 0 Å². The summed E-state index contributed by atoms with van der Waals surface area (Å²) in [5, 5.41) is 0.734. The molecule has 1 fully saturated rings. The van der Waals surface area contributed by atoms with Crippen molar-refractivity contribution in [3.8, 4) is 0 Å². The smallest absolute Gasteiger partial charge is 0.0894 e. The highest BCUT2D eigenvalue weighted by Gasteiger charge is 2.31. The van der Waals surface area contributed by atoms with E-state index in [-0.39, 0.29) is 12.1 Å². The maximum atomic E-state index is 6.06. The van der Waals surface area contributed by atoms with Crippen molar-refractivity contribution in [2.75, 3.05) is 26.7 Å². The van der Waals surface area contributed by atoms with Crippen molar-refractivity contribution in [2.45, 2.75) is 12.1 Å². The summed E-state index contributed by atoms with van der Waals surface area (Å²) in [5.74, 6) is 0. The van der Waals surface area contributed by atoms with Crippen LogP contribution in [0.5, 0.6) is 0 Å². The van der Waals surface area contributed by atoms with Crippen LogP contribution in [0.1, 0.15) is 11.6 Å². The molecule has 0 aliphatic carbocycles. The third kappa shape index (κ3) is 2.83. The summed E-state index contributed by atoms with van der Waals surface area (Å²) in [6.07, 6.45) is 0.0171. The quantitative estimate of drug-likeness (QED) is 0.910. The Morgan fingerprint density at radius 1 is 1.59 bits per heavy atom. The molecule has 0 aromatic heterocycles. The first-order valence-electron chi connectivity index (χ1n) is 5.60. The standard InChI is InChI=1S/C12H16BrClN2O/c1-16-4-5-17-11(7-15)12(16)9-6-8(14)2-3-10(9)13/h2-3,6,11-12H,4-5,7,15H2,1H3. The first-order chi connectivity index (χ1) is 8.13. The Morgan fingerprint density at radius 2 is 2.35 bits per heavy atom. The maximum Gasteiger partial charge on any atom is 0.0894 e. The van der Waals surface area contributed by atoms with Gasteiger partial charge >= 0.3 is 0 Å². The monoisotopic (exact) mass is 318 g/mol. The van der Waals surface area contributed by atoms with Gasteiger partial charge in [0, 0.05) is 22.6 Å². The molecule has 17 heavy (non-hydrogen) atoms. The van der Waals surface area contributed by atoms with E-state index in [1.165, 1.54) is 0 Å². The van der Waals surface area contributed by atoms with Gasteiger partial charge in [0.15, 0.2) is 0 Å². The minimum atomic E-state index is 0.0171. The molecule has 2 atom stereocenters. The van der Waals surface area contributed by atoms with Gasteiger partial charge in [-0.05, 0) is 30.8 Å². The van der Waals surface area contributed by atoms with E-state index < -0.39 is 0 Å². The number of halogens is 2. The number of likely N-dealkylation sites (N-methyl/N-ethyl adjacent to an activating group) is 1. The second kappa shape index (κ2) is 5.67. The van der Waals surface area contributed by atoms with E-state index in [1.54, 1.807) is 0 Å². The normalized spacial score (nSPS) is 26.1. The van der Waals surface area contributed by atoms with E-state index in [2.05, 4.69) is 27.9 Å². The lowest BCUT2D eigenvalue weighted by Gasteiger charge is -2.39. The van der Waals surface area contributed by atoms with E-state index in [4.69, 9.17) is 22.1 Å². The van der Waals surface area contributed by atoms with Crippen molar-refractivity contribution in [3.05, 3.63) is 33.3 Å². The minimum Gasteiger partial charge on any atom is -0.374 e. The Labute approximate surface area is 115 Å². The highest BCUT2D eigenvalue weighted by Crippen LogP contribution is 2.34. The van der Waals surface area contributed by atoms with E-state index in [9.17, 15) is 0 Å². The lowest BCUT2D eigenvalue weighted by atomic mass is 9.98. The summed E-state index contributed by atoms with van der Waals surface area (Å²) >= 11 is 9.63. The van der Waals surface area contributed by atoms with Gasteiger partial charge < -0.3 is 10.5 Å². The Balaban J connectivity index is 2.37. The van der Waals surface area contributed by atoms with Crippen LogP contribution in [0, 0.1) is 0 Å². The van der Waals surface area contributed by atoms with E-state index in [1.807, 2.05) is 18.2 Å². The fourth-order valence-electron chi connectivity index (χ4n) is 2.24. The van der Waals surface area contributed by atoms with Crippen LogP contribution in [0.4, 0.5) is 0 Å². The number of benzene rings is 1. The molecule has 3 nitrogen and oxygen atoms in total. The van der Waals surface area contributed by atoms with Crippen LogP contribution >= 0.6 is 27.5 Å². The van der Waals surface area contributed by atoms with Crippen molar-refractivity contribution >= 4 is 27.5 Å². The Morgan fingerprint density at radius 3 is 3.06 bits per heavy atom. The summed E-state index contributed by atoms with van der Waals surface area (Å²) < 4.78 is 6.77. The Hall–Kier alpha value is -0.130. The zero-order valence-corrected chi connectivity index (χ0v) is 12.0. The molecule has 1 aliphatic heterocycles. The van der Waals surface area contributed by atoms with Gasteiger partial charge in [0.05, 0.1) is 18.8 Å². The van der Waals surface area contributed by atoms with Crippen LogP contribution in [-0.4, -0.2) is 37.7 Å². The Bertz CT molecular complexity index is 402. The molecule has 1 saturated heterocycles. The summed E-state index contributed by atoms with van der Waals surface area (Å²) in [6.45, 7) is 2.14. The SMILES string of the molecule is CN1CCOC(CN)C1c1cc(Cl)ccc1Br. The average molecular weight is 320 g/mol. The molecule has 2 unspecified atom stereocenters. The predicted octanol–water partition coefficient (Wildman–Crippen LogP) is 2.43. The first-order valence-corrected chi connectivity index (χ1v) is 6.77. The molecule has 0 spiro atoms. The first kappa shape index (κ1) is 13.3. The van der Waals surface area contributed by atoms with Gasteiger partial charge in [0.25, 0.3) is 0 Å². The molecule has 0 bridgehead atoms. The maximum absolute atomic E-state index is 6.06. The number of ether oxygens (including phenoxy) is 1. The molecular formula is C12H16BrClN2O. The molecular weight excluding hydrogens is 304 g/mol. The second-order valence-electron chi connectivity index (χ2n) is 4.24. The zero-order chi connectivity index (χ0) is 12.4. The number of hydrogen-bond donors (Lipinski definition) is 1. The van der Waals surface area contributed by atoms with Crippen LogP contribution in [-0.2, 0) is 4.74 Å². The molecule has 1 aromatic carbocycles. The number of nitrogens with zero attached hydrogens (tertiary/aromatic N) is 1. The van der Waals surface area contributed by atoms with Gasteiger partial charge in [-0.25, -0.2) is 0 Å². The number of hydrogen-bond acceptors (Lipinski definition) is 3. The van der Waals surface area contributed by atoms with Crippen LogP contribution in [0.2, 0.25) is 5.02 Å². The fraction of sp³-hybridized carbons (Fsp3) is 0.500. The third-order valence-corrected chi connectivity index (χ3v) is 4.07. The van der Waals surface area contributed by atoms with Crippen LogP contribution in [0.15, 0.2) is 22.7 Å². The molecule has 2 N–H and O–H groups in total. The molecule has 94 valence electrons. The molecule has 0 radical (unpaired) electrons. The van der Waals surface area contributed by atoms with Crippen molar-refractivity contribution < 1.29 is 4.74 Å². The zero-order valence-electron chi connectivity index (χ0n) is 9.70. The van der Waals surface area contributed by atoms with Gasteiger partial charge in [-0.2, -0.15) is 0 Å². The average Bonchev–Trinajstić information content (AvgIpc) is 2.32. The topological polar surface area (TPSA) is 38.5 Å². The molecule has 5 heteroatoms. The Kier molecular flexibility index (Phi) is 4.44. The van der Waals surface area contributed by atoms with Gasteiger partial charge in [0.2, 0.25) is 0 Å². The summed E-state index contributed by atoms with van der Waals surface area (Å²) in [7, 11) is 2.09. The predicted molar refractivity (Wildman–Crippen MR) is 73.3 cm³/mol. The lowest BCUT2D eigenvalue weighted by Crippen LogP contribution is -2.46. The van der Waals surface area contributed by atoms with Crippen molar-refractivity contribution in [1.29, 1.82) is 0 Å². The van der Waals surface area contributed by atoms with Crippen LogP contribution < -0.4 is 5.73 Å². The van der Waals surface area contributed by atoms with Gasteiger partial charge in [-0.1, -0.05) is 27.5 Å². The lowest BCUT2D eigenvalue weighted by molar-refractivity contribution is -0.0578. The summed E-state index contributed by atoms with van der Waals surface area (Å²) in [6, 6.07) is 5.97. The summed E-state index contributed by atoms with van der Waals surface area (Å²) in [5.41, 5.74) is 6.92. The molecule has 1 heterocycles. The van der Waals surface area contributed by atoms with E-state index in [0.29, 0.717) is 6.54 Å². The van der Waals surface area contributed by atoms with Crippen molar-refractivity contribution in [1.82, 2.24) is 4.90 Å². The van der Waals surface area contributed by atoms with E-state index >= 15 is 0 Å². The second-order valence-corrected chi connectivity index (χ2v) is 5.53. The molecule has 2 rings (SSSR count). The number of morpholine rings is 1. The van der Waals surface area contributed by atoms with Crippen LogP contribution in [0.25, 0.3) is 0 Å². The highest BCUT2D eigenvalue weighted by atomic mass is 79.9. The molecule has 0 amide bonds. The highest BCUT2D eigenvalue weighted by molar-refractivity contribution is 9.10. The number of nitrogens with two attached hydrogens (primary N) is 1. The minimum absolute atomic E-state index is 0.0171. The fourth-order valence-corrected chi connectivity index (χ4v) is 2.90.